The number of piperazine rings is 1. The van der Waals surface area contributed by atoms with Gasteiger partial charge < -0.3 is 19.5 Å². The number of aliphatic hydroxyl groups is 1. The van der Waals surface area contributed by atoms with Crippen LogP contribution in [0.5, 0.6) is 5.75 Å². The molecule has 12 heteroatoms. The van der Waals surface area contributed by atoms with Crippen LogP contribution in [0, 0.1) is 17.8 Å². The van der Waals surface area contributed by atoms with Crippen LogP contribution >= 0.6 is 11.6 Å². The maximum atomic E-state index is 13.6. The second kappa shape index (κ2) is 14.3. The van der Waals surface area contributed by atoms with Crippen molar-refractivity contribution >= 4 is 33.2 Å². The normalized spacial score (nSPS) is 35.6. The van der Waals surface area contributed by atoms with Crippen LogP contribution in [0.3, 0.4) is 0 Å². The molecule has 1 amide bonds. The average Bonchev–Trinajstić information content (AvgIpc) is 3.25. The number of hydrogen-bond acceptors (Lipinski definition) is 9. The molecule has 284 valence electrons. The first-order valence-electron chi connectivity index (χ1n) is 19.6. The first-order valence-corrected chi connectivity index (χ1v) is 21.5. The number of halogens is 1. The first kappa shape index (κ1) is 36.6. The third-order valence-corrected chi connectivity index (χ3v) is 15.8. The van der Waals surface area contributed by atoms with Crippen LogP contribution in [0.4, 0.5) is 5.69 Å². The van der Waals surface area contributed by atoms with Crippen molar-refractivity contribution in [3.8, 4) is 5.75 Å². The van der Waals surface area contributed by atoms with Crippen LogP contribution in [-0.4, -0.2) is 112 Å². The molecule has 6 aliphatic rings. The Morgan fingerprint density at radius 2 is 1.88 bits per heavy atom. The third-order valence-electron chi connectivity index (χ3n) is 13.7. The molecule has 0 aromatic heterocycles. The molecule has 10 nitrogen and oxygen atoms in total. The number of carbonyl (C=O) groups is 1. The van der Waals surface area contributed by atoms with Crippen molar-refractivity contribution in [2.24, 2.45) is 17.8 Å². The average molecular weight is 755 g/mol. The summed E-state index contributed by atoms with van der Waals surface area (Å²) >= 11 is 6.49. The van der Waals surface area contributed by atoms with E-state index in [9.17, 15) is 18.3 Å². The van der Waals surface area contributed by atoms with Gasteiger partial charge in [-0.25, -0.2) is 13.1 Å². The number of morpholine rings is 1. The Bertz CT molecular complexity index is 1780. The predicted octanol–water partition coefficient (Wildman–Crippen LogP) is 4.85. The van der Waals surface area contributed by atoms with Gasteiger partial charge in [-0.05, 0) is 111 Å². The number of nitrogens with zero attached hydrogens (tertiary/aromatic N) is 3. The van der Waals surface area contributed by atoms with Crippen molar-refractivity contribution in [3.63, 3.8) is 0 Å². The molecule has 4 heterocycles. The van der Waals surface area contributed by atoms with E-state index in [0.717, 1.165) is 88.8 Å². The zero-order valence-electron chi connectivity index (χ0n) is 30.7. The van der Waals surface area contributed by atoms with Crippen molar-refractivity contribution < 1.29 is 27.8 Å². The summed E-state index contributed by atoms with van der Waals surface area (Å²) in [5.41, 5.74) is 2.43. The van der Waals surface area contributed by atoms with Crippen molar-refractivity contribution in [3.05, 3.63) is 58.1 Å². The standard InChI is InChI=1S/C40H55ClN4O6S/c1-27-5-3-14-40(47,25-43-15-16-44-17-18-50-23-33(44)22-43)35-10-7-31(35)21-45-24-39(13-4-6-29-19-32(41)9-11-34(29)39)26-51-37-12-8-30(20-36(37)45)38(46)42-52(48,49)28(27)2/h8-9,11-12,19-20,27-28,31,33,35,47H,3-7,10,13-18,21-26H2,1-2H3,(H,42,46)/t27-,28+,31-,33+,35+,39-,40-/m0/s1. The minimum Gasteiger partial charge on any atom is -0.490 e. The smallest absolute Gasteiger partial charge is 0.264 e. The van der Waals surface area contributed by atoms with E-state index in [1.807, 2.05) is 25.1 Å². The fourth-order valence-corrected chi connectivity index (χ4v) is 11.8. The fourth-order valence-electron chi connectivity index (χ4n) is 10.3. The number of β-amino-alcohol motifs (C(OH)–C–C–N with tert-alkyl or cyclic N) is 1. The second-order valence-electron chi connectivity index (χ2n) is 16.9. The first-order chi connectivity index (χ1) is 24.9. The Morgan fingerprint density at radius 1 is 1.02 bits per heavy atom. The van der Waals surface area contributed by atoms with E-state index in [1.54, 1.807) is 13.0 Å². The zero-order chi connectivity index (χ0) is 36.3. The molecule has 2 saturated heterocycles. The number of amides is 1. The lowest BCUT2D eigenvalue weighted by Gasteiger charge is -2.53. The van der Waals surface area contributed by atoms with E-state index >= 15 is 0 Å². The number of fused-ring (bicyclic) bond motifs is 5. The summed E-state index contributed by atoms with van der Waals surface area (Å²) in [6, 6.07) is 11.9. The summed E-state index contributed by atoms with van der Waals surface area (Å²) in [4.78, 5) is 21.0. The lowest BCUT2D eigenvalue weighted by molar-refractivity contribution is -0.120. The number of benzene rings is 2. The van der Waals surface area contributed by atoms with Gasteiger partial charge in [-0.1, -0.05) is 31.0 Å². The number of aryl methyl sites for hydroxylation is 1. The van der Waals surface area contributed by atoms with Crippen molar-refractivity contribution in [1.29, 1.82) is 0 Å². The summed E-state index contributed by atoms with van der Waals surface area (Å²) in [6.07, 6.45) is 6.91. The van der Waals surface area contributed by atoms with Gasteiger partial charge in [0.05, 0.1) is 36.4 Å². The van der Waals surface area contributed by atoms with Crippen molar-refractivity contribution in [2.75, 3.05) is 70.5 Å². The largest absolute Gasteiger partial charge is 0.490 e. The van der Waals surface area contributed by atoms with E-state index in [1.165, 1.54) is 11.1 Å². The number of sulfonamides is 1. The van der Waals surface area contributed by atoms with Crippen LogP contribution in [-0.2, 0) is 26.6 Å². The molecular weight excluding hydrogens is 700 g/mol. The van der Waals surface area contributed by atoms with Crippen molar-refractivity contribution in [2.45, 2.75) is 87.5 Å². The number of nitrogens with one attached hydrogen (secondary N) is 1. The van der Waals surface area contributed by atoms with E-state index in [0.29, 0.717) is 56.3 Å². The van der Waals surface area contributed by atoms with Gasteiger partial charge in [0.15, 0.2) is 0 Å². The third kappa shape index (κ3) is 6.99. The molecule has 8 rings (SSSR count). The molecule has 2 bridgehead atoms. The Morgan fingerprint density at radius 3 is 2.71 bits per heavy atom. The van der Waals surface area contributed by atoms with Gasteiger partial charge in [0, 0.05) is 67.9 Å². The highest BCUT2D eigenvalue weighted by atomic mass is 35.5. The topological polar surface area (TPSA) is 112 Å². The van der Waals surface area contributed by atoms with Crippen molar-refractivity contribution in [1.82, 2.24) is 14.5 Å². The molecule has 2 aromatic carbocycles. The number of carbonyl (C=O) groups excluding carboxylic acids is 1. The van der Waals surface area contributed by atoms with E-state index in [4.69, 9.17) is 21.1 Å². The monoisotopic (exact) mass is 754 g/mol. The van der Waals surface area contributed by atoms with E-state index < -0.39 is 26.8 Å². The molecule has 52 heavy (non-hydrogen) atoms. The van der Waals surface area contributed by atoms with Gasteiger partial charge in [0.1, 0.15) is 5.75 Å². The van der Waals surface area contributed by atoms with Gasteiger partial charge in [-0.3, -0.25) is 14.6 Å². The van der Waals surface area contributed by atoms with E-state index in [-0.39, 0.29) is 23.2 Å². The molecule has 0 unspecified atom stereocenters. The minimum absolute atomic E-state index is 0.102. The van der Waals surface area contributed by atoms with Gasteiger partial charge in [0.25, 0.3) is 5.91 Å². The lowest BCUT2D eigenvalue weighted by atomic mass is 9.62. The summed E-state index contributed by atoms with van der Waals surface area (Å²) in [7, 11) is -3.95. The van der Waals surface area contributed by atoms with E-state index in [2.05, 4.69) is 31.6 Å². The van der Waals surface area contributed by atoms with Crippen LogP contribution in [0.1, 0.15) is 80.3 Å². The van der Waals surface area contributed by atoms with Crippen LogP contribution < -0.4 is 14.4 Å². The van der Waals surface area contributed by atoms with Gasteiger partial charge in [0.2, 0.25) is 10.0 Å². The molecule has 1 saturated carbocycles. The van der Waals surface area contributed by atoms with Crippen LogP contribution in [0.2, 0.25) is 5.02 Å². The number of hydrogen-bond donors (Lipinski definition) is 2. The maximum absolute atomic E-state index is 13.6. The molecule has 0 radical (unpaired) electrons. The summed E-state index contributed by atoms with van der Waals surface area (Å²) < 4.78 is 42.1. The molecule has 1 spiro atoms. The molecule has 4 aliphatic heterocycles. The molecular formula is C40H55ClN4O6S. The quantitative estimate of drug-likeness (QED) is 0.445. The summed E-state index contributed by atoms with van der Waals surface area (Å²) in [6.45, 7) is 11.4. The van der Waals surface area contributed by atoms with Gasteiger partial charge >= 0.3 is 0 Å². The minimum atomic E-state index is -3.95. The highest BCUT2D eigenvalue weighted by Gasteiger charge is 2.50. The fraction of sp³-hybridized carbons (Fsp3) is 0.675. The number of anilines is 1. The molecule has 2 aliphatic carbocycles. The Balaban J connectivity index is 1.16. The van der Waals surface area contributed by atoms with Gasteiger partial charge in [-0.15, -0.1) is 0 Å². The second-order valence-corrected chi connectivity index (χ2v) is 19.4. The summed E-state index contributed by atoms with van der Waals surface area (Å²) in [5, 5.41) is 12.9. The predicted molar refractivity (Wildman–Crippen MR) is 203 cm³/mol. The van der Waals surface area contributed by atoms with Crippen LogP contribution in [0.15, 0.2) is 36.4 Å². The molecule has 2 N–H and O–H groups in total. The molecule has 7 atom stereocenters. The SMILES string of the molecule is C[C@@H]1[C@@H](C)CCC[C@](O)(CN2CCN3CCOC[C@H]3C2)[C@@H]2CC[C@H]2CN2C[C@@]3(CCCc4cc(Cl)ccc43)COc3ccc(cc32)C(=O)NS1(=O)=O. The Labute approximate surface area is 314 Å². The van der Waals surface area contributed by atoms with Crippen LogP contribution in [0.25, 0.3) is 0 Å². The lowest BCUT2D eigenvalue weighted by Crippen LogP contribution is -2.62. The number of ether oxygens (including phenoxy) is 2. The highest BCUT2D eigenvalue weighted by Crippen LogP contribution is 2.49. The maximum Gasteiger partial charge on any atom is 0.264 e. The number of rotatable bonds is 2. The molecule has 3 fully saturated rings. The zero-order valence-corrected chi connectivity index (χ0v) is 32.3. The Kier molecular flexibility index (Phi) is 10.1. The molecule has 2 aromatic rings. The highest BCUT2D eigenvalue weighted by molar-refractivity contribution is 7.90. The Hall–Kier alpha value is -2.41. The summed E-state index contributed by atoms with van der Waals surface area (Å²) in [5.74, 6) is 0.236. The van der Waals surface area contributed by atoms with Gasteiger partial charge in [-0.2, -0.15) is 0 Å².